The number of halogens is 3. The molecular weight excluding hydrogens is 573 g/mol. The van der Waals surface area contributed by atoms with Gasteiger partial charge in [0.1, 0.15) is 17.5 Å². The van der Waals surface area contributed by atoms with Crippen molar-refractivity contribution in [2.45, 2.75) is 37.5 Å². The molecule has 44 heavy (non-hydrogen) atoms. The maximum atomic E-state index is 13.4. The van der Waals surface area contributed by atoms with E-state index in [1.54, 1.807) is 19.1 Å². The normalized spacial score (nSPS) is 14.6. The number of benzene rings is 3. The molecule has 1 aliphatic rings. The molecule has 7 nitrogen and oxygen atoms in total. The number of carbonyl (C=O) groups excluding carboxylic acids is 2. The van der Waals surface area contributed by atoms with Gasteiger partial charge >= 0.3 is 18.2 Å². The number of hydrogen-bond acceptors (Lipinski definition) is 6. The summed E-state index contributed by atoms with van der Waals surface area (Å²) in [5.41, 5.74) is 2.13. The van der Waals surface area contributed by atoms with Crippen molar-refractivity contribution in [3.05, 3.63) is 108 Å². The summed E-state index contributed by atoms with van der Waals surface area (Å²) < 4.78 is 56.5. The fraction of sp³-hybridized carbons (Fsp3) is 0.206. The molecule has 1 N–H and O–H groups in total. The van der Waals surface area contributed by atoms with Crippen molar-refractivity contribution in [3.8, 4) is 22.5 Å². The molecule has 224 valence electrons. The Hall–Kier alpha value is -5.12. The van der Waals surface area contributed by atoms with Crippen molar-refractivity contribution in [1.82, 2.24) is 4.98 Å². The molecule has 0 bridgehead atoms. The number of amides is 1. The largest absolute Gasteiger partial charge is 0.468 e. The lowest BCUT2D eigenvalue weighted by atomic mass is 9.93. The molecular formula is C34H27F3N2O5. The molecule has 6 rings (SSSR count). The minimum absolute atomic E-state index is 0.131. The first-order chi connectivity index (χ1) is 21.1. The Morgan fingerprint density at radius 2 is 1.50 bits per heavy atom. The van der Waals surface area contributed by atoms with Crippen molar-refractivity contribution in [2.75, 3.05) is 12.4 Å². The fourth-order valence-corrected chi connectivity index (χ4v) is 5.27. The zero-order valence-corrected chi connectivity index (χ0v) is 23.8. The molecule has 1 saturated carbocycles. The van der Waals surface area contributed by atoms with Gasteiger partial charge in [0.15, 0.2) is 5.76 Å². The summed E-state index contributed by atoms with van der Waals surface area (Å²) in [6, 6.07) is 26.0. The van der Waals surface area contributed by atoms with Crippen molar-refractivity contribution in [3.63, 3.8) is 0 Å². The second kappa shape index (κ2) is 11.2. The van der Waals surface area contributed by atoms with Crippen LogP contribution < -0.4 is 5.32 Å². The molecule has 0 saturated heterocycles. The molecule has 0 radical (unpaired) electrons. The van der Waals surface area contributed by atoms with Gasteiger partial charge in [0.25, 0.3) is 0 Å². The van der Waals surface area contributed by atoms with Gasteiger partial charge in [0.05, 0.1) is 17.9 Å². The third-order valence-electron chi connectivity index (χ3n) is 7.87. The number of fused-ring (bicyclic) bond motifs is 1. The predicted molar refractivity (Wildman–Crippen MR) is 158 cm³/mol. The first-order valence-corrected chi connectivity index (χ1v) is 13.9. The van der Waals surface area contributed by atoms with Gasteiger partial charge in [0, 0.05) is 5.56 Å². The zero-order chi connectivity index (χ0) is 31.1. The highest BCUT2D eigenvalue weighted by molar-refractivity contribution is 6.04. The Morgan fingerprint density at radius 1 is 0.886 bits per heavy atom. The molecule has 2 aromatic heterocycles. The minimum atomic E-state index is -4.67. The van der Waals surface area contributed by atoms with Crippen LogP contribution in [0.25, 0.3) is 33.6 Å². The number of anilines is 1. The number of esters is 1. The monoisotopic (exact) mass is 600 g/mol. The highest BCUT2D eigenvalue weighted by Crippen LogP contribution is 2.49. The second-order valence-electron chi connectivity index (χ2n) is 10.7. The van der Waals surface area contributed by atoms with Crippen LogP contribution in [0.5, 0.6) is 0 Å². The van der Waals surface area contributed by atoms with Crippen LogP contribution in [0.3, 0.4) is 0 Å². The van der Waals surface area contributed by atoms with E-state index in [0.717, 1.165) is 41.2 Å². The van der Waals surface area contributed by atoms with Crippen LogP contribution in [0.15, 0.2) is 95.4 Å². The van der Waals surface area contributed by atoms with Crippen molar-refractivity contribution in [1.29, 1.82) is 0 Å². The molecule has 5 aromatic rings. The van der Waals surface area contributed by atoms with Gasteiger partial charge < -0.3 is 13.9 Å². The minimum Gasteiger partial charge on any atom is -0.468 e. The first kappa shape index (κ1) is 29.0. The number of nitrogens with one attached hydrogen (secondary N) is 1. The molecule has 1 amide bonds. The van der Waals surface area contributed by atoms with Gasteiger partial charge in [-0.05, 0) is 54.2 Å². The van der Waals surface area contributed by atoms with E-state index >= 15 is 0 Å². The van der Waals surface area contributed by atoms with Crippen LogP contribution in [-0.4, -0.2) is 24.2 Å². The quantitative estimate of drug-likeness (QED) is 0.188. The highest BCUT2D eigenvalue weighted by atomic mass is 19.4. The molecule has 2 heterocycles. The Labute approximate surface area is 250 Å². The van der Waals surface area contributed by atoms with E-state index < -0.39 is 29.5 Å². The lowest BCUT2D eigenvalue weighted by Crippen LogP contribution is -2.21. The highest BCUT2D eigenvalue weighted by Gasteiger charge is 2.52. The number of methoxy groups -OCH3 is 1. The fourth-order valence-electron chi connectivity index (χ4n) is 5.27. The summed E-state index contributed by atoms with van der Waals surface area (Å²) in [5, 5.41) is 2.85. The molecule has 1 fully saturated rings. The number of furan rings is 1. The van der Waals surface area contributed by atoms with Crippen LogP contribution >= 0.6 is 0 Å². The lowest BCUT2D eigenvalue weighted by Gasteiger charge is -2.14. The number of aromatic nitrogens is 1. The molecule has 1 atom stereocenters. The number of rotatable bonds is 7. The Kier molecular flexibility index (Phi) is 7.36. The molecule has 1 aliphatic carbocycles. The molecule has 3 aromatic carbocycles. The molecule has 0 aliphatic heterocycles. The van der Waals surface area contributed by atoms with Crippen LogP contribution in [0.1, 0.15) is 42.7 Å². The van der Waals surface area contributed by atoms with Crippen LogP contribution in [0.4, 0.5) is 23.7 Å². The van der Waals surface area contributed by atoms with Gasteiger partial charge in [0.2, 0.25) is 5.71 Å². The van der Waals surface area contributed by atoms with E-state index in [0.29, 0.717) is 5.56 Å². The van der Waals surface area contributed by atoms with Gasteiger partial charge in [-0.3, -0.25) is 10.1 Å². The maximum absolute atomic E-state index is 13.4. The van der Waals surface area contributed by atoms with E-state index in [4.69, 9.17) is 13.9 Å². The first-order valence-electron chi connectivity index (χ1n) is 13.9. The SMILES string of the molecule is COC(=O)C1(c2ccc(-c3ccc(-c4oc5nc(C(F)(F)F)ccc5c4NC(=O)OC(C)c4ccccc4)cc3)cc2)CC1. The van der Waals surface area contributed by atoms with E-state index in [9.17, 15) is 22.8 Å². The third kappa shape index (κ3) is 5.50. The number of nitrogens with zero attached hydrogens (tertiary/aromatic N) is 1. The molecule has 1 unspecified atom stereocenters. The summed E-state index contributed by atoms with van der Waals surface area (Å²) in [6.07, 6.45) is -4.56. The van der Waals surface area contributed by atoms with Gasteiger partial charge in [-0.1, -0.05) is 78.9 Å². The predicted octanol–water partition coefficient (Wildman–Crippen LogP) is 8.69. The van der Waals surface area contributed by atoms with Gasteiger partial charge in [-0.15, -0.1) is 0 Å². The Bertz CT molecular complexity index is 1830. The second-order valence-corrected chi connectivity index (χ2v) is 10.7. The average Bonchev–Trinajstić information content (AvgIpc) is 3.77. The third-order valence-corrected chi connectivity index (χ3v) is 7.87. The zero-order valence-electron chi connectivity index (χ0n) is 23.8. The number of alkyl halides is 3. The smallest absolute Gasteiger partial charge is 0.433 e. The van der Waals surface area contributed by atoms with E-state index in [1.807, 2.05) is 66.7 Å². The van der Waals surface area contributed by atoms with Crippen molar-refractivity contribution >= 4 is 28.8 Å². The van der Waals surface area contributed by atoms with Gasteiger partial charge in [-0.2, -0.15) is 13.2 Å². The summed E-state index contributed by atoms with van der Waals surface area (Å²) >= 11 is 0. The van der Waals surface area contributed by atoms with Crippen molar-refractivity contribution in [2.24, 2.45) is 0 Å². The van der Waals surface area contributed by atoms with Crippen LogP contribution in [0, 0.1) is 0 Å². The molecule has 10 heteroatoms. The number of hydrogen-bond donors (Lipinski definition) is 1. The summed E-state index contributed by atoms with van der Waals surface area (Å²) in [5.74, 6) is -0.105. The maximum Gasteiger partial charge on any atom is 0.433 e. The Morgan fingerprint density at radius 3 is 2.09 bits per heavy atom. The van der Waals surface area contributed by atoms with Crippen LogP contribution in [-0.2, 0) is 25.9 Å². The molecule has 0 spiro atoms. The summed E-state index contributed by atoms with van der Waals surface area (Å²) in [4.78, 5) is 28.9. The summed E-state index contributed by atoms with van der Waals surface area (Å²) in [7, 11) is 1.39. The number of ether oxygens (including phenoxy) is 2. The topological polar surface area (TPSA) is 90.7 Å². The van der Waals surface area contributed by atoms with Gasteiger partial charge in [-0.25, -0.2) is 9.78 Å². The summed E-state index contributed by atoms with van der Waals surface area (Å²) in [6.45, 7) is 1.71. The Balaban J connectivity index is 1.30. The van der Waals surface area contributed by atoms with Crippen LogP contribution in [0.2, 0.25) is 0 Å². The van der Waals surface area contributed by atoms with E-state index in [-0.39, 0.29) is 28.5 Å². The van der Waals surface area contributed by atoms with E-state index in [1.165, 1.54) is 13.2 Å². The lowest BCUT2D eigenvalue weighted by molar-refractivity contribution is -0.143. The average molecular weight is 601 g/mol. The standard InChI is InChI=1S/C34H27F3N2O5/c1-20(21-6-4-3-5-7-21)43-32(41)39-28-26-16-17-27(34(35,36)37)38-30(26)44-29(28)24-10-8-22(9-11-24)23-12-14-25(15-13-23)33(18-19-33)31(40)42-2/h3-17,20H,18-19H2,1-2H3,(H,39,41). The van der Waals surface area contributed by atoms with Crippen molar-refractivity contribution < 1.29 is 36.7 Å². The van der Waals surface area contributed by atoms with E-state index in [2.05, 4.69) is 10.3 Å². The number of carbonyl (C=O) groups is 2. The number of pyridine rings is 1.